The summed E-state index contributed by atoms with van der Waals surface area (Å²) in [4.78, 5) is 43.2. The van der Waals surface area contributed by atoms with Crippen LogP contribution in [0.15, 0.2) is 50.9 Å². The molecule has 1 saturated heterocycles. The number of sulfonamides is 1. The van der Waals surface area contributed by atoms with Gasteiger partial charge in [-0.3, -0.25) is 18.7 Å². The van der Waals surface area contributed by atoms with E-state index in [0.717, 1.165) is 4.57 Å². The first kappa shape index (κ1) is 22.2. The van der Waals surface area contributed by atoms with Crippen molar-refractivity contribution in [1.29, 1.82) is 0 Å². The number of piperazine rings is 1. The van der Waals surface area contributed by atoms with Crippen LogP contribution in [0.5, 0.6) is 0 Å². The van der Waals surface area contributed by atoms with Crippen LogP contribution in [0.2, 0.25) is 5.02 Å². The summed E-state index contributed by atoms with van der Waals surface area (Å²) < 4.78 is 29.3. The van der Waals surface area contributed by atoms with E-state index >= 15 is 0 Å². The van der Waals surface area contributed by atoms with Gasteiger partial charge >= 0.3 is 5.69 Å². The predicted molar refractivity (Wildman–Crippen MR) is 118 cm³/mol. The summed E-state index contributed by atoms with van der Waals surface area (Å²) in [6.45, 7) is 0.535. The number of fused-ring (bicyclic) bond motifs is 1. The number of hydrogen-bond acceptors (Lipinski definition) is 6. The first-order chi connectivity index (χ1) is 15.1. The minimum atomic E-state index is -3.78. The number of halogens is 1. The summed E-state index contributed by atoms with van der Waals surface area (Å²) in [5.41, 5.74) is -0.849. The quantitative estimate of drug-likeness (QED) is 0.540. The van der Waals surface area contributed by atoms with Crippen molar-refractivity contribution in [2.45, 2.75) is 4.90 Å². The van der Waals surface area contributed by atoms with Crippen molar-refractivity contribution >= 4 is 38.6 Å². The SMILES string of the molecule is Cn1c(=O)c2ccc(C(=O)N3CCN(S(=O)(=O)c4ccccc4Cl)CC3)nc2n(C)c1=O. The molecule has 32 heavy (non-hydrogen) atoms. The van der Waals surface area contributed by atoms with Crippen molar-refractivity contribution in [2.75, 3.05) is 26.2 Å². The van der Waals surface area contributed by atoms with E-state index in [2.05, 4.69) is 4.98 Å². The van der Waals surface area contributed by atoms with Gasteiger partial charge in [-0.25, -0.2) is 18.2 Å². The molecule has 10 nitrogen and oxygen atoms in total. The molecule has 3 aromatic rings. The van der Waals surface area contributed by atoms with Gasteiger partial charge in [-0.15, -0.1) is 0 Å². The Labute approximate surface area is 188 Å². The van der Waals surface area contributed by atoms with E-state index in [1.807, 2.05) is 0 Å². The van der Waals surface area contributed by atoms with Crippen molar-refractivity contribution < 1.29 is 13.2 Å². The molecular formula is C20H20ClN5O5S. The van der Waals surface area contributed by atoms with Crippen LogP contribution in [0.1, 0.15) is 10.5 Å². The molecule has 1 aliphatic rings. The zero-order valence-corrected chi connectivity index (χ0v) is 18.9. The number of rotatable bonds is 3. The Morgan fingerprint density at radius 2 is 1.62 bits per heavy atom. The number of amides is 1. The van der Waals surface area contributed by atoms with Crippen molar-refractivity contribution in [3.63, 3.8) is 0 Å². The van der Waals surface area contributed by atoms with Gasteiger partial charge in [-0.2, -0.15) is 4.31 Å². The minimum Gasteiger partial charge on any atom is -0.335 e. The fourth-order valence-corrected chi connectivity index (χ4v) is 5.58. The van der Waals surface area contributed by atoms with Gasteiger partial charge in [-0.05, 0) is 24.3 Å². The van der Waals surface area contributed by atoms with E-state index in [1.54, 1.807) is 12.1 Å². The molecule has 0 spiro atoms. The lowest BCUT2D eigenvalue weighted by Crippen LogP contribution is -2.50. The third kappa shape index (κ3) is 3.61. The standard InChI is InChI=1S/C20H20ClN5O5S/c1-23-17-13(18(27)24(2)20(23)29)7-8-15(22-17)19(28)25-9-11-26(12-10-25)32(30,31)16-6-4-3-5-14(16)21/h3-8H,9-12H2,1-2H3. The van der Waals surface area contributed by atoms with Gasteiger partial charge in [0.2, 0.25) is 10.0 Å². The third-order valence-corrected chi connectivity index (χ3v) is 7.90. The van der Waals surface area contributed by atoms with E-state index in [-0.39, 0.29) is 52.8 Å². The van der Waals surface area contributed by atoms with Crippen LogP contribution in [0, 0.1) is 0 Å². The molecule has 2 aromatic heterocycles. The zero-order valence-electron chi connectivity index (χ0n) is 17.4. The number of hydrogen-bond donors (Lipinski definition) is 0. The van der Waals surface area contributed by atoms with Crippen LogP contribution < -0.4 is 11.2 Å². The molecule has 0 atom stereocenters. The number of carbonyl (C=O) groups excluding carboxylic acids is 1. The molecule has 3 heterocycles. The van der Waals surface area contributed by atoms with E-state index in [1.165, 1.54) is 52.1 Å². The lowest BCUT2D eigenvalue weighted by molar-refractivity contribution is 0.0692. The molecule has 168 valence electrons. The van der Waals surface area contributed by atoms with Crippen molar-refractivity contribution in [3.8, 4) is 0 Å². The highest BCUT2D eigenvalue weighted by atomic mass is 35.5. The van der Waals surface area contributed by atoms with Crippen LogP contribution in [-0.2, 0) is 24.1 Å². The smallest absolute Gasteiger partial charge is 0.332 e. The number of pyridine rings is 1. The second kappa shape index (κ2) is 8.15. The maximum atomic E-state index is 13.0. The highest BCUT2D eigenvalue weighted by Gasteiger charge is 2.32. The van der Waals surface area contributed by atoms with E-state index in [0.29, 0.717) is 0 Å². The Bertz CT molecular complexity index is 1460. The fraction of sp³-hybridized carbons (Fsp3) is 0.300. The Morgan fingerprint density at radius 3 is 2.28 bits per heavy atom. The normalized spacial score (nSPS) is 15.3. The second-order valence-electron chi connectivity index (χ2n) is 7.40. The van der Waals surface area contributed by atoms with Crippen LogP contribution >= 0.6 is 11.6 Å². The first-order valence-corrected chi connectivity index (χ1v) is 11.6. The minimum absolute atomic E-state index is 0.0279. The van der Waals surface area contributed by atoms with Crippen molar-refractivity contribution in [2.24, 2.45) is 14.1 Å². The van der Waals surface area contributed by atoms with Gasteiger partial charge in [0, 0.05) is 40.3 Å². The van der Waals surface area contributed by atoms with Crippen LogP contribution in [0.3, 0.4) is 0 Å². The van der Waals surface area contributed by atoms with Crippen molar-refractivity contribution in [1.82, 2.24) is 23.3 Å². The third-order valence-electron chi connectivity index (χ3n) is 5.50. The van der Waals surface area contributed by atoms with Crippen LogP contribution in [0.4, 0.5) is 0 Å². The van der Waals surface area contributed by atoms with E-state index < -0.39 is 27.2 Å². The van der Waals surface area contributed by atoms with Gasteiger partial charge in [0.1, 0.15) is 16.2 Å². The molecule has 0 aliphatic carbocycles. The fourth-order valence-electron chi connectivity index (χ4n) is 3.66. The molecule has 1 fully saturated rings. The lowest BCUT2D eigenvalue weighted by Gasteiger charge is -2.34. The van der Waals surface area contributed by atoms with Gasteiger partial charge in [0.05, 0.1) is 10.4 Å². The average Bonchev–Trinajstić information content (AvgIpc) is 2.80. The molecule has 1 aromatic carbocycles. The maximum absolute atomic E-state index is 13.0. The first-order valence-electron chi connectivity index (χ1n) is 9.73. The van der Waals surface area contributed by atoms with Crippen LogP contribution in [-0.4, -0.2) is 63.8 Å². The average molecular weight is 478 g/mol. The van der Waals surface area contributed by atoms with Gasteiger partial charge in [-0.1, -0.05) is 23.7 Å². The highest BCUT2D eigenvalue weighted by molar-refractivity contribution is 7.89. The summed E-state index contributed by atoms with van der Waals surface area (Å²) in [6.07, 6.45) is 0. The number of nitrogens with zero attached hydrogens (tertiary/aromatic N) is 5. The molecular weight excluding hydrogens is 458 g/mol. The number of aromatic nitrogens is 3. The van der Waals surface area contributed by atoms with E-state index in [4.69, 9.17) is 11.6 Å². The Balaban J connectivity index is 1.56. The number of aryl methyl sites for hydroxylation is 1. The molecule has 0 unspecified atom stereocenters. The summed E-state index contributed by atoms with van der Waals surface area (Å²) >= 11 is 6.05. The van der Waals surface area contributed by atoms with Crippen molar-refractivity contribution in [3.05, 3.63) is 68.0 Å². The lowest BCUT2D eigenvalue weighted by atomic mass is 10.2. The largest absolute Gasteiger partial charge is 0.335 e. The summed E-state index contributed by atoms with van der Waals surface area (Å²) in [5, 5.41) is 0.366. The Hall–Kier alpha value is -3.02. The predicted octanol–water partition coefficient (Wildman–Crippen LogP) is 0.432. The molecule has 0 bridgehead atoms. The number of carbonyl (C=O) groups is 1. The van der Waals surface area contributed by atoms with Gasteiger partial charge in [0.25, 0.3) is 11.5 Å². The molecule has 4 rings (SSSR count). The molecule has 0 radical (unpaired) electrons. The molecule has 0 saturated carbocycles. The van der Waals surface area contributed by atoms with E-state index in [9.17, 15) is 22.8 Å². The topological polar surface area (TPSA) is 115 Å². The molecule has 12 heteroatoms. The molecule has 1 aliphatic heterocycles. The molecule has 0 N–H and O–H groups in total. The highest BCUT2D eigenvalue weighted by Crippen LogP contribution is 2.25. The van der Waals surface area contributed by atoms with Gasteiger partial charge < -0.3 is 4.90 Å². The Morgan fingerprint density at radius 1 is 0.969 bits per heavy atom. The van der Waals surface area contributed by atoms with Gasteiger partial charge in [0.15, 0.2) is 0 Å². The molecule has 1 amide bonds. The summed E-state index contributed by atoms with van der Waals surface area (Å²) in [5.74, 6) is -0.408. The Kier molecular flexibility index (Phi) is 5.65. The summed E-state index contributed by atoms with van der Waals surface area (Å²) in [7, 11) is -0.932. The monoisotopic (exact) mass is 477 g/mol. The maximum Gasteiger partial charge on any atom is 0.332 e. The summed E-state index contributed by atoms with van der Waals surface area (Å²) in [6, 6.07) is 9.12. The second-order valence-corrected chi connectivity index (χ2v) is 9.71. The van der Waals surface area contributed by atoms with Crippen LogP contribution in [0.25, 0.3) is 11.0 Å². The number of benzene rings is 1. The zero-order chi connectivity index (χ0) is 23.2.